The number of aromatic nitrogens is 6. The SMILES string of the molecule is Cn1nccc1OC(=O)c1ccc(F)cc1Cn1nnn(C)c1=O. The topological polar surface area (TPSA) is 96.8 Å². The lowest BCUT2D eigenvalue weighted by Gasteiger charge is -2.09. The normalized spacial score (nSPS) is 10.8. The highest BCUT2D eigenvalue weighted by Gasteiger charge is 2.18. The first-order valence-electron chi connectivity index (χ1n) is 6.91. The summed E-state index contributed by atoms with van der Waals surface area (Å²) in [4.78, 5) is 24.2. The maximum absolute atomic E-state index is 13.6. The van der Waals surface area contributed by atoms with Crippen LogP contribution in [0.4, 0.5) is 4.39 Å². The number of esters is 1. The fourth-order valence-electron chi connectivity index (χ4n) is 2.12. The minimum atomic E-state index is -0.689. The number of carbonyl (C=O) groups excluding carboxylic acids is 1. The summed E-state index contributed by atoms with van der Waals surface area (Å²) in [6.07, 6.45) is 1.48. The molecule has 0 atom stereocenters. The lowest BCUT2D eigenvalue weighted by molar-refractivity contribution is 0.0718. The highest BCUT2D eigenvalue weighted by atomic mass is 19.1. The van der Waals surface area contributed by atoms with Crippen LogP contribution in [-0.2, 0) is 20.6 Å². The van der Waals surface area contributed by atoms with Crippen LogP contribution in [0.5, 0.6) is 5.88 Å². The molecule has 0 N–H and O–H groups in total. The van der Waals surface area contributed by atoms with Gasteiger partial charge in [-0.05, 0) is 34.2 Å². The fourth-order valence-corrected chi connectivity index (χ4v) is 2.12. The van der Waals surface area contributed by atoms with E-state index in [0.29, 0.717) is 0 Å². The van der Waals surface area contributed by atoms with Crippen LogP contribution in [0.1, 0.15) is 15.9 Å². The van der Waals surface area contributed by atoms with Crippen molar-refractivity contribution < 1.29 is 13.9 Å². The van der Waals surface area contributed by atoms with Gasteiger partial charge in [0.25, 0.3) is 0 Å². The highest BCUT2D eigenvalue weighted by Crippen LogP contribution is 2.16. The Morgan fingerprint density at radius 1 is 1.21 bits per heavy atom. The maximum atomic E-state index is 13.6. The van der Waals surface area contributed by atoms with Crippen molar-refractivity contribution >= 4 is 5.97 Å². The van der Waals surface area contributed by atoms with Gasteiger partial charge in [0.05, 0.1) is 18.3 Å². The van der Waals surface area contributed by atoms with Crippen LogP contribution in [0.2, 0.25) is 0 Å². The largest absolute Gasteiger partial charge is 0.404 e. The number of benzene rings is 1. The van der Waals surface area contributed by atoms with Crippen molar-refractivity contribution in [1.29, 1.82) is 0 Å². The standard InChI is InChI=1S/C14H13FN6O3/c1-19-12(5-6-16-19)24-13(22)11-4-3-10(15)7-9(11)8-21-14(23)20(2)17-18-21/h3-7H,8H2,1-2H3. The maximum Gasteiger partial charge on any atom is 0.363 e. The van der Waals surface area contributed by atoms with E-state index in [-0.39, 0.29) is 23.6 Å². The van der Waals surface area contributed by atoms with Crippen LogP contribution in [0.3, 0.4) is 0 Å². The molecule has 1 aromatic carbocycles. The van der Waals surface area contributed by atoms with Crippen LogP contribution in [0.15, 0.2) is 35.3 Å². The van der Waals surface area contributed by atoms with Gasteiger partial charge >= 0.3 is 11.7 Å². The quantitative estimate of drug-likeness (QED) is 0.630. The van der Waals surface area contributed by atoms with E-state index in [9.17, 15) is 14.0 Å². The van der Waals surface area contributed by atoms with Crippen molar-refractivity contribution in [1.82, 2.24) is 29.6 Å². The highest BCUT2D eigenvalue weighted by molar-refractivity contribution is 5.92. The third-order valence-corrected chi connectivity index (χ3v) is 3.36. The summed E-state index contributed by atoms with van der Waals surface area (Å²) >= 11 is 0. The van der Waals surface area contributed by atoms with Gasteiger partial charge in [0, 0.05) is 20.2 Å². The molecular formula is C14H13FN6O3. The van der Waals surface area contributed by atoms with E-state index in [0.717, 1.165) is 21.5 Å². The van der Waals surface area contributed by atoms with Crippen molar-refractivity contribution in [3.63, 3.8) is 0 Å². The van der Waals surface area contributed by atoms with Gasteiger partial charge in [-0.2, -0.15) is 14.5 Å². The van der Waals surface area contributed by atoms with E-state index < -0.39 is 17.5 Å². The second kappa shape index (κ2) is 6.07. The summed E-state index contributed by atoms with van der Waals surface area (Å²) in [7, 11) is 3.06. The Hall–Kier alpha value is -3.30. The minimum absolute atomic E-state index is 0.111. The van der Waals surface area contributed by atoms with Crippen LogP contribution in [-0.4, -0.2) is 35.5 Å². The van der Waals surface area contributed by atoms with Gasteiger partial charge in [-0.3, -0.25) is 0 Å². The number of tetrazole rings is 1. The van der Waals surface area contributed by atoms with Crippen LogP contribution >= 0.6 is 0 Å². The zero-order chi connectivity index (χ0) is 17.3. The average Bonchev–Trinajstić information content (AvgIpc) is 3.08. The average molecular weight is 332 g/mol. The van der Waals surface area contributed by atoms with Gasteiger partial charge in [-0.25, -0.2) is 18.7 Å². The monoisotopic (exact) mass is 332 g/mol. The zero-order valence-electron chi connectivity index (χ0n) is 12.9. The molecule has 2 heterocycles. The molecule has 3 aromatic rings. The molecule has 0 aliphatic heterocycles. The van der Waals surface area contributed by atoms with Gasteiger partial charge in [0.2, 0.25) is 5.88 Å². The molecule has 0 fully saturated rings. The molecule has 0 saturated heterocycles. The summed E-state index contributed by atoms with van der Waals surface area (Å²) in [5.41, 5.74) is -0.106. The molecular weight excluding hydrogens is 319 g/mol. The molecule has 0 unspecified atom stereocenters. The second-order valence-corrected chi connectivity index (χ2v) is 5.03. The smallest absolute Gasteiger partial charge is 0.363 e. The van der Waals surface area contributed by atoms with Gasteiger partial charge < -0.3 is 4.74 Å². The Morgan fingerprint density at radius 2 is 2.00 bits per heavy atom. The molecule has 124 valence electrons. The molecule has 0 amide bonds. The van der Waals surface area contributed by atoms with Gasteiger partial charge in [0.1, 0.15) is 5.82 Å². The summed E-state index contributed by atoms with van der Waals surface area (Å²) in [5.74, 6) is -0.989. The number of halogens is 1. The number of aryl methyl sites for hydroxylation is 2. The molecule has 0 saturated carbocycles. The van der Waals surface area contributed by atoms with Gasteiger partial charge in [0.15, 0.2) is 0 Å². The van der Waals surface area contributed by atoms with Crippen molar-refractivity contribution in [2.75, 3.05) is 0 Å². The number of rotatable bonds is 4. The molecule has 0 radical (unpaired) electrons. The van der Waals surface area contributed by atoms with E-state index in [4.69, 9.17) is 4.74 Å². The van der Waals surface area contributed by atoms with Crippen molar-refractivity contribution in [3.8, 4) is 5.88 Å². The van der Waals surface area contributed by atoms with Gasteiger partial charge in [-0.1, -0.05) is 0 Å². The third kappa shape index (κ3) is 2.93. The van der Waals surface area contributed by atoms with E-state index in [1.54, 1.807) is 7.05 Å². The molecule has 2 aromatic heterocycles. The predicted molar refractivity (Wildman–Crippen MR) is 78.9 cm³/mol. The second-order valence-electron chi connectivity index (χ2n) is 5.03. The number of hydrogen-bond acceptors (Lipinski definition) is 6. The van der Waals surface area contributed by atoms with E-state index in [1.165, 1.54) is 30.1 Å². The lowest BCUT2D eigenvalue weighted by atomic mass is 10.1. The summed E-state index contributed by atoms with van der Waals surface area (Å²) < 4.78 is 22.2. The number of hydrogen-bond donors (Lipinski definition) is 0. The van der Waals surface area contributed by atoms with E-state index in [1.807, 2.05) is 0 Å². The zero-order valence-corrected chi connectivity index (χ0v) is 12.9. The molecule has 9 nitrogen and oxygen atoms in total. The molecule has 0 aliphatic carbocycles. The van der Waals surface area contributed by atoms with Crippen LogP contribution in [0, 0.1) is 5.82 Å². The van der Waals surface area contributed by atoms with E-state index >= 15 is 0 Å². The van der Waals surface area contributed by atoms with Crippen molar-refractivity contribution in [3.05, 3.63) is 57.9 Å². The number of nitrogens with zero attached hydrogens (tertiary/aromatic N) is 6. The van der Waals surface area contributed by atoms with Crippen LogP contribution in [0.25, 0.3) is 0 Å². The Labute approximate surface area is 134 Å². The van der Waals surface area contributed by atoms with E-state index in [2.05, 4.69) is 15.5 Å². The number of carbonyl (C=O) groups is 1. The van der Waals surface area contributed by atoms with Gasteiger partial charge in [-0.15, -0.1) is 0 Å². The molecule has 3 rings (SSSR count). The summed E-state index contributed by atoms with van der Waals surface area (Å²) in [6, 6.07) is 5.11. The van der Waals surface area contributed by atoms with Crippen LogP contribution < -0.4 is 10.4 Å². The Bertz CT molecular complexity index is 958. The first kappa shape index (κ1) is 15.6. The number of ether oxygens (including phenoxy) is 1. The first-order chi connectivity index (χ1) is 11.5. The Balaban J connectivity index is 1.93. The molecule has 10 heteroatoms. The first-order valence-corrected chi connectivity index (χ1v) is 6.91. The fraction of sp³-hybridized carbons (Fsp3) is 0.214. The molecule has 0 spiro atoms. The predicted octanol–water partition coefficient (Wildman–Crippen LogP) is 0.117. The van der Waals surface area contributed by atoms with Crippen molar-refractivity contribution in [2.24, 2.45) is 14.1 Å². The summed E-state index contributed by atoms with van der Waals surface area (Å²) in [5, 5.41) is 11.1. The van der Waals surface area contributed by atoms with Crippen molar-refractivity contribution in [2.45, 2.75) is 6.54 Å². The molecule has 0 bridgehead atoms. The lowest BCUT2D eigenvalue weighted by Crippen LogP contribution is -2.25. The minimum Gasteiger partial charge on any atom is -0.404 e. The third-order valence-electron chi connectivity index (χ3n) is 3.36. The summed E-state index contributed by atoms with van der Waals surface area (Å²) in [6.45, 7) is -0.111. The molecule has 0 aliphatic rings. The Morgan fingerprint density at radius 3 is 2.62 bits per heavy atom. The molecule has 24 heavy (non-hydrogen) atoms. The Kier molecular flexibility index (Phi) is 3.94.